The van der Waals surface area contributed by atoms with Crippen molar-refractivity contribution in [1.82, 2.24) is 20.1 Å². The largest absolute Gasteiger partial charge is 0.349 e. The van der Waals surface area contributed by atoms with Gasteiger partial charge in [0.1, 0.15) is 0 Å². The molecule has 1 aromatic carbocycles. The van der Waals surface area contributed by atoms with Crippen LogP contribution in [0.4, 0.5) is 5.95 Å². The number of nitrogens with one attached hydrogen (secondary N) is 1. The second kappa shape index (κ2) is 9.17. The normalized spacial score (nSPS) is 18.1. The van der Waals surface area contributed by atoms with E-state index in [1.54, 1.807) is 12.1 Å². The SMILES string of the molecule is CC(NC(=O)CSc1nnc(N2CCCCC2)n1C1CC1)c1ccc(S(N)(=O)=O)cc1. The van der Waals surface area contributed by atoms with Gasteiger partial charge in [0.15, 0.2) is 5.16 Å². The van der Waals surface area contributed by atoms with Crippen LogP contribution in [0.5, 0.6) is 0 Å². The first-order valence-corrected chi connectivity index (χ1v) is 13.1. The average Bonchev–Trinajstić information content (AvgIpc) is 3.51. The lowest BCUT2D eigenvalue weighted by Gasteiger charge is -2.27. The molecule has 1 saturated carbocycles. The first-order valence-electron chi connectivity index (χ1n) is 10.6. The monoisotopic (exact) mass is 464 g/mol. The number of anilines is 1. The highest BCUT2D eigenvalue weighted by atomic mass is 32.2. The number of nitrogens with two attached hydrogens (primary N) is 1. The first-order chi connectivity index (χ1) is 14.8. The lowest BCUT2D eigenvalue weighted by molar-refractivity contribution is -0.119. The summed E-state index contributed by atoms with van der Waals surface area (Å²) in [4.78, 5) is 14.9. The highest BCUT2D eigenvalue weighted by Crippen LogP contribution is 2.41. The number of carbonyl (C=O) groups excluding carboxylic acids is 1. The van der Waals surface area contributed by atoms with Crippen molar-refractivity contribution < 1.29 is 13.2 Å². The Labute approximate surface area is 186 Å². The van der Waals surface area contributed by atoms with E-state index < -0.39 is 10.0 Å². The van der Waals surface area contributed by atoms with Gasteiger partial charge in [-0.2, -0.15) is 0 Å². The number of thioether (sulfide) groups is 1. The van der Waals surface area contributed by atoms with Crippen LogP contribution >= 0.6 is 11.8 Å². The number of rotatable bonds is 8. The molecule has 3 N–H and O–H groups in total. The van der Waals surface area contributed by atoms with Gasteiger partial charge in [-0.1, -0.05) is 23.9 Å². The molecular weight excluding hydrogens is 436 g/mol. The zero-order valence-electron chi connectivity index (χ0n) is 17.5. The van der Waals surface area contributed by atoms with Gasteiger partial charge in [-0.15, -0.1) is 10.2 Å². The van der Waals surface area contributed by atoms with Crippen LogP contribution in [0.15, 0.2) is 34.3 Å². The molecule has 1 aromatic heterocycles. The van der Waals surface area contributed by atoms with Crippen LogP contribution in [-0.2, 0) is 14.8 Å². The minimum Gasteiger partial charge on any atom is -0.349 e. The van der Waals surface area contributed by atoms with Crippen molar-refractivity contribution in [3.8, 4) is 0 Å². The molecule has 0 radical (unpaired) electrons. The molecule has 168 valence electrons. The molecule has 1 atom stereocenters. The fourth-order valence-electron chi connectivity index (χ4n) is 3.77. The van der Waals surface area contributed by atoms with Crippen LogP contribution < -0.4 is 15.4 Å². The number of sulfonamides is 1. The number of amides is 1. The van der Waals surface area contributed by atoms with E-state index in [4.69, 9.17) is 5.14 Å². The first kappa shape index (κ1) is 22.1. The molecule has 2 fully saturated rings. The van der Waals surface area contributed by atoms with Crippen LogP contribution in [0.1, 0.15) is 56.7 Å². The summed E-state index contributed by atoms with van der Waals surface area (Å²) in [6.07, 6.45) is 5.88. The minimum absolute atomic E-state index is 0.0502. The fourth-order valence-corrected chi connectivity index (χ4v) is 5.10. The Balaban J connectivity index is 1.36. The molecule has 0 bridgehead atoms. The van der Waals surface area contributed by atoms with E-state index in [0.717, 1.165) is 42.6 Å². The van der Waals surface area contributed by atoms with Crippen molar-refractivity contribution in [2.75, 3.05) is 23.7 Å². The van der Waals surface area contributed by atoms with Gasteiger partial charge in [-0.25, -0.2) is 13.6 Å². The lowest BCUT2D eigenvalue weighted by atomic mass is 10.1. The summed E-state index contributed by atoms with van der Waals surface area (Å²) < 4.78 is 25.0. The summed E-state index contributed by atoms with van der Waals surface area (Å²) in [5, 5.41) is 17.7. The van der Waals surface area contributed by atoms with Gasteiger partial charge >= 0.3 is 0 Å². The zero-order valence-corrected chi connectivity index (χ0v) is 19.2. The molecule has 0 spiro atoms. The van der Waals surface area contributed by atoms with Gasteiger partial charge in [0.25, 0.3) is 0 Å². The maximum atomic E-state index is 12.5. The summed E-state index contributed by atoms with van der Waals surface area (Å²) in [6, 6.07) is 6.39. The number of hydrogen-bond acceptors (Lipinski definition) is 7. The minimum atomic E-state index is -3.73. The van der Waals surface area contributed by atoms with Crippen LogP contribution in [0, 0.1) is 0 Å². The third-order valence-electron chi connectivity index (χ3n) is 5.62. The van der Waals surface area contributed by atoms with Crippen molar-refractivity contribution >= 4 is 33.6 Å². The van der Waals surface area contributed by atoms with E-state index in [-0.39, 0.29) is 22.6 Å². The molecule has 1 unspecified atom stereocenters. The highest BCUT2D eigenvalue weighted by Gasteiger charge is 2.32. The molecule has 9 nitrogen and oxygen atoms in total. The van der Waals surface area contributed by atoms with Gasteiger partial charge in [-0.3, -0.25) is 9.36 Å². The smallest absolute Gasteiger partial charge is 0.238 e. The summed E-state index contributed by atoms with van der Waals surface area (Å²) >= 11 is 1.41. The molecule has 2 aromatic rings. The number of carbonyl (C=O) groups is 1. The molecule has 1 saturated heterocycles. The van der Waals surface area contributed by atoms with E-state index in [2.05, 4.69) is 25.0 Å². The summed E-state index contributed by atoms with van der Waals surface area (Å²) in [6.45, 7) is 3.88. The Morgan fingerprint density at radius 3 is 2.48 bits per heavy atom. The lowest BCUT2D eigenvalue weighted by Crippen LogP contribution is -2.32. The maximum absolute atomic E-state index is 12.5. The van der Waals surface area contributed by atoms with Gasteiger partial charge in [-0.05, 0) is 56.7 Å². The predicted molar refractivity (Wildman–Crippen MR) is 119 cm³/mol. The second-order valence-electron chi connectivity index (χ2n) is 8.12. The van der Waals surface area contributed by atoms with E-state index in [0.29, 0.717) is 6.04 Å². The van der Waals surface area contributed by atoms with E-state index in [1.165, 1.54) is 43.2 Å². The Morgan fingerprint density at radius 2 is 1.87 bits per heavy atom. The van der Waals surface area contributed by atoms with E-state index >= 15 is 0 Å². The molecule has 4 rings (SSSR count). The van der Waals surface area contributed by atoms with Gasteiger partial charge in [0.05, 0.1) is 16.7 Å². The molecule has 1 aliphatic carbocycles. The fraction of sp³-hybridized carbons (Fsp3) is 0.550. The van der Waals surface area contributed by atoms with Crippen molar-refractivity contribution in [1.29, 1.82) is 0 Å². The van der Waals surface area contributed by atoms with Crippen molar-refractivity contribution in [3.05, 3.63) is 29.8 Å². The predicted octanol–water partition coefficient (Wildman–Crippen LogP) is 2.22. The number of piperidine rings is 1. The number of aromatic nitrogens is 3. The third-order valence-corrected chi connectivity index (χ3v) is 7.49. The standard InChI is InChI=1S/C20H28N6O3S2/c1-14(15-5-9-17(10-6-15)31(21,28)29)22-18(27)13-30-20-24-23-19(26(20)16-7-8-16)25-11-3-2-4-12-25/h5-6,9-10,14,16H,2-4,7-8,11-13H2,1H3,(H,22,27)(H2,21,28,29). The molecular formula is C20H28N6O3S2. The maximum Gasteiger partial charge on any atom is 0.238 e. The zero-order chi connectivity index (χ0) is 22.0. The quantitative estimate of drug-likeness (QED) is 0.574. The van der Waals surface area contributed by atoms with Crippen LogP contribution in [0.3, 0.4) is 0 Å². The van der Waals surface area contributed by atoms with Gasteiger partial charge in [0.2, 0.25) is 21.9 Å². The Bertz CT molecular complexity index is 1030. The van der Waals surface area contributed by atoms with Crippen LogP contribution in [-0.4, -0.2) is 47.9 Å². The van der Waals surface area contributed by atoms with Gasteiger partial charge in [0, 0.05) is 19.1 Å². The molecule has 1 amide bonds. The Morgan fingerprint density at radius 1 is 1.19 bits per heavy atom. The van der Waals surface area contributed by atoms with E-state index in [1.807, 2.05) is 6.92 Å². The van der Waals surface area contributed by atoms with Crippen molar-refractivity contribution in [3.63, 3.8) is 0 Å². The number of hydrogen-bond donors (Lipinski definition) is 2. The molecule has 2 aliphatic rings. The summed E-state index contributed by atoms with van der Waals surface area (Å²) in [5.74, 6) is 1.07. The topological polar surface area (TPSA) is 123 Å². The van der Waals surface area contributed by atoms with Gasteiger partial charge < -0.3 is 10.2 Å². The average molecular weight is 465 g/mol. The van der Waals surface area contributed by atoms with Crippen LogP contribution in [0.25, 0.3) is 0 Å². The van der Waals surface area contributed by atoms with Crippen molar-refractivity contribution in [2.45, 2.75) is 61.2 Å². The molecule has 11 heteroatoms. The highest BCUT2D eigenvalue weighted by molar-refractivity contribution is 7.99. The van der Waals surface area contributed by atoms with Crippen LogP contribution in [0.2, 0.25) is 0 Å². The van der Waals surface area contributed by atoms with Crippen molar-refractivity contribution in [2.24, 2.45) is 5.14 Å². The number of primary sulfonamides is 1. The third kappa shape index (κ3) is 5.39. The van der Waals surface area contributed by atoms with E-state index in [9.17, 15) is 13.2 Å². The second-order valence-corrected chi connectivity index (χ2v) is 10.6. The number of benzene rings is 1. The molecule has 2 heterocycles. The summed E-state index contributed by atoms with van der Waals surface area (Å²) in [5.41, 5.74) is 0.805. The Hall–Kier alpha value is -2.11. The summed E-state index contributed by atoms with van der Waals surface area (Å²) in [7, 11) is -3.73. The molecule has 1 aliphatic heterocycles. The Kier molecular flexibility index (Phi) is 6.54. The number of nitrogens with zero attached hydrogens (tertiary/aromatic N) is 4. The molecule has 31 heavy (non-hydrogen) atoms.